The lowest BCUT2D eigenvalue weighted by Crippen LogP contribution is -1.81. The molecule has 1 aromatic heterocycles. The molecule has 0 saturated heterocycles. The summed E-state index contributed by atoms with van der Waals surface area (Å²) in [5, 5.41) is 9.93. The summed E-state index contributed by atoms with van der Waals surface area (Å²) in [6, 6.07) is 8.23. The van der Waals surface area contributed by atoms with Crippen molar-refractivity contribution in [3.63, 3.8) is 0 Å². The van der Waals surface area contributed by atoms with Crippen molar-refractivity contribution in [2.45, 2.75) is 0 Å². The van der Waals surface area contributed by atoms with E-state index in [2.05, 4.69) is 22.9 Å². The second-order valence-corrected chi connectivity index (χ2v) is 3.30. The number of aryl methyl sites for hydroxylation is 1. The molecule has 2 nitrogen and oxygen atoms in total. The highest BCUT2D eigenvalue weighted by Crippen LogP contribution is 2.21. The highest BCUT2D eigenvalue weighted by molar-refractivity contribution is 5.89. The van der Waals surface area contributed by atoms with E-state index in [9.17, 15) is 0 Å². The predicted molar refractivity (Wildman–Crippen MR) is 59.0 cm³/mol. The molecule has 0 radical (unpaired) electrons. The molecule has 0 saturated carbocycles. The van der Waals surface area contributed by atoms with Crippen LogP contribution in [0.5, 0.6) is 0 Å². The lowest BCUT2D eigenvalue weighted by Gasteiger charge is -1.92. The summed E-state index contributed by atoms with van der Waals surface area (Å²) < 4.78 is 2.09. The first-order valence-corrected chi connectivity index (χ1v) is 4.64. The van der Waals surface area contributed by atoms with Crippen LogP contribution in [0.3, 0.4) is 0 Å². The fraction of sp³-hybridized carbons (Fsp3) is 0.167. The van der Waals surface area contributed by atoms with E-state index >= 15 is 0 Å². The smallest absolute Gasteiger partial charge is 0.0615 e. The van der Waals surface area contributed by atoms with Gasteiger partial charge in [-0.05, 0) is 11.6 Å². The molecule has 0 spiro atoms. The first-order valence-electron chi connectivity index (χ1n) is 4.64. The van der Waals surface area contributed by atoms with Gasteiger partial charge in [-0.25, -0.2) is 0 Å². The standard InChI is InChI=1S/C12H13NO/c1-13-9-10(5-4-8-14)11-6-2-3-7-12(11)13/h2-7,9,14H,8H2,1H3/b5-4+. The summed E-state index contributed by atoms with van der Waals surface area (Å²) in [6.07, 6.45) is 5.76. The molecule has 1 aromatic carbocycles. The maximum absolute atomic E-state index is 8.71. The van der Waals surface area contributed by atoms with Crippen LogP contribution in [0, 0.1) is 0 Å². The molecule has 0 bridgehead atoms. The number of para-hydroxylation sites is 1. The second kappa shape index (κ2) is 3.68. The summed E-state index contributed by atoms with van der Waals surface area (Å²) >= 11 is 0. The van der Waals surface area contributed by atoms with Gasteiger partial charge in [0.25, 0.3) is 0 Å². The van der Waals surface area contributed by atoms with Crippen LogP contribution >= 0.6 is 0 Å². The average Bonchev–Trinajstić information content (AvgIpc) is 2.54. The summed E-state index contributed by atoms with van der Waals surface area (Å²) in [4.78, 5) is 0. The number of aromatic nitrogens is 1. The van der Waals surface area contributed by atoms with Crippen molar-refractivity contribution in [2.75, 3.05) is 6.61 Å². The average molecular weight is 187 g/mol. The monoisotopic (exact) mass is 187 g/mol. The molecule has 0 amide bonds. The molecule has 2 heteroatoms. The van der Waals surface area contributed by atoms with Gasteiger partial charge in [0.1, 0.15) is 0 Å². The van der Waals surface area contributed by atoms with Gasteiger partial charge in [0.15, 0.2) is 0 Å². The Labute approximate surface area is 83.1 Å². The molecule has 0 aliphatic rings. The van der Waals surface area contributed by atoms with Crippen LogP contribution in [0.4, 0.5) is 0 Å². The van der Waals surface area contributed by atoms with Gasteiger partial charge in [0, 0.05) is 24.1 Å². The van der Waals surface area contributed by atoms with E-state index in [4.69, 9.17) is 5.11 Å². The number of benzene rings is 1. The Bertz CT molecular complexity index is 468. The van der Waals surface area contributed by atoms with Gasteiger partial charge in [-0.2, -0.15) is 0 Å². The fourth-order valence-corrected chi connectivity index (χ4v) is 1.69. The van der Waals surface area contributed by atoms with Gasteiger partial charge in [0.05, 0.1) is 6.61 Å². The van der Waals surface area contributed by atoms with Crippen LogP contribution in [0.2, 0.25) is 0 Å². The van der Waals surface area contributed by atoms with Crippen molar-refractivity contribution < 1.29 is 5.11 Å². The maximum Gasteiger partial charge on any atom is 0.0615 e. The normalized spacial score (nSPS) is 11.6. The number of aliphatic hydroxyl groups excluding tert-OH is 1. The van der Waals surface area contributed by atoms with E-state index in [0.717, 1.165) is 5.56 Å². The number of aliphatic hydroxyl groups is 1. The van der Waals surface area contributed by atoms with Gasteiger partial charge in [-0.1, -0.05) is 30.4 Å². The van der Waals surface area contributed by atoms with E-state index < -0.39 is 0 Å². The Kier molecular flexibility index (Phi) is 2.37. The van der Waals surface area contributed by atoms with Crippen molar-refractivity contribution in [3.8, 4) is 0 Å². The summed E-state index contributed by atoms with van der Waals surface area (Å²) in [7, 11) is 2.03. The van der Waals surface area contributed by atoms with Crippen molar-refractivity contribution in [2.24, 2.45) is 7.05 Å². The second-order valence-electron chi connectivity index (χ2n) is 3.30. The third kappa shape index (κ3) is 1.44. The molecule has 0 atom stereocenters. The molecule has 2 aromatic rings. The Balaban J connectivity index is 2.61. The van der Waals surface area contributed by atoms with Crippen LogP contribution in [-0.2, 0) is 7.05 Å². The SMILES string of the molecule is Cn1cc(/C=C/CO)c2ccccc21. The predicted octanol–water partition coefficient (Wildman–Crippen LogP) is 2.18. The molecule has 14 heavy (non-hydrogen) atoms. The highest BCUT2D eigenvalue weighted by Gasteiger charge is 2.01. The molecule has 0 aliphatic heterocycles. The molecule has 0 fully saturated rings. The van der Waals surface area contributed by atoms with Gasteiger partial charge < -0.3 is 9.67 Å². The minimum absolute atomic E-state index is 0.0865. The molecule has 2 rings (SSSR count). The summed E-state index contributed by atoms with van der Waals surface area (Å²) in [5.41, 5.74) is 2.36. The number of hydrogen-bond acceptors (Lipinski definition) is 1. The lowest BCUT2D eigenvalue weighted by atomic mass is 10.1. The van der Waals surface area contributed by atoms with E-state index in [1.165, 1.54) is 10.9 Å². The molecular formula is C12H13NO. The Hall–Kier alpha value is -1.54. The molecule has 0 aliphatic carbocycles. The topological polar surface area (TPSA) is 25.2 Å². The molecular weight excluding hydrogens is 174 g/mol. The minimum atomic E-state index is 0.0865. The third-order valence-electron chi connectivity index (χ3n) is 2.33. The largest absolute Gasteiger partial charge is 0.392 e. The minimum Gasteiger partial charge on any atom is -0.392 e. The first kappa shape index (κ1) is 9.03. The molecule has 0 unspecified atom stereocenters. The Morgan fingerprint density at radius 2 is 2.14 bits per heavy atom. The van der Waals surface area contributed by atoms with Crippen LogP contribution < -0.4 is 0 Å². The number of rotatable bonds is 2. The number of fused-ring (bicyclic) bond motifs is 1. The zero-order valence-electron chi connectivity index (χ0n) is 8.14. The summed E-state index contributed by atoms with van der Waals surface area (Å²) in [6.45, 7) is 0.0865. The summed E-state index contributed by atoms with van der Waals surface area (Å²) in [5.74, 6) is 0. The fourth-order valence-electron chi connectivity index (χ4n) is 1.69. The molecule has 1 heterocycles. The highest BCUT2D eigenvalue weighted by atomic mass is 16.2. The van der Waals surface area contributed by atoms with E-state index in [0.29, 0.717) is 0 Å². The van der Waals surface area contributed by atoms with Crippen molar-refractivity contribution >= 4 is 17.0 Å². The van der Waals surface area contributed by atoms with Gasteiger partial charge in [-0.3, -0.25) is 0 Å². The van der Waals surface area contributed by atoms with E-state index in [1.54, 1.807) is 6.08 Å². The van der Waals surface area contributed by atoms with Crippen LogP contribution in [0.25, 0.3) is 17.0 Å². The van der Waals surface area contributed by atoms with Gasteiger partial charge in [0.2, 0.25) is 0 Å². The lowest BCUT2D eigenvalue weighted by molar-refractivity contribution is 0.343. The Morgan fingerprint density at radius 3 is 2.93 bits per heavy atom. The molecule has 1 N–H and O–H groups in total. The van der Waals surface area contributed by atoms with Gasteiger partial charge in [-0.15, -0.1) is 0 Å². The van der Waals surface area contributed by atoms with E-state index in [1.807, 2.05) is 25.3 Å². The Morgan fingerprint density at radius 1 is 1.36 bits per heavy atom. The quantitative estimate of drug-likeness (QED) is 0.766. The zero-order valence-corrected chi connectivity index (χ0v) is 8.14. The van der Waals surface area contributed by atoms with Crippen molar-refractivity contribution in [3.05, 3.63) is 42.1 Å². The van der Waals surface area contributed by atoms with Crippen LogP contribution in [0.1, 0.15) is 5.56 Å². The van der Waals surface area contributed by atoms with Crippen LogP contribution in [-0.4, -0.2) is 16.3 Å². The van der Waals surface area contributed by atoms with E-state index in [-0.39, 0.29) is 6.61 Å². The van der Waals surface area contributed by atoms with Gasteiger partial charge >= 0.3 is 0 Å². The third-order valence-corrected chi connectivity index (χ3v) is 2.33. The zero-order chi connectivity index (χ0) is 9.97. The number of hydrogen-bond donors (Lipinski definition) is 1. The molecule has 72 valence electrons. The van der Waals surface area contributed by atoms with Crippen molar-refractivity contribution in [1.82, 2.24) is 4.57 Å². The number of nitrogens with zero attached hydrogens (tertiary/aromatic N) is 1. The van der Waals surface area contributed by atoms with Crippen molar-refractivity contribution in [1.29, 1.82) is 0 Å². The first-order chi connectivity index (χ1) is 6.83. The van der Waals surface area contributed by atoms with Crippen LogP contribution in [0.15, 0.2) is 36.5 Å². The maximum atomic E-state index is 8.71.